The first-order valence-corrected chi connectivity index (χ1v) is 5.98. The topological polar surface area (TPSA) is 60.5 Å². The first-order valence-electron chi connectivity index (χ1n) is 4.37. The van der Waals surface area contributed by atoms with Crippen molar-refractivity contribution in [2.45, 2.75) is 6.10 Å². The molecule has 5 nitrogen and oxygen atoms in total. The number of amides is 1. The number of hydrogen-bond donors (Lipinski definition) is 1. The van der Waals surface area contributed by atoms with Gasteiger partial charge in [0.2, 0.25) is 0 Å². The van der Waals surface area contributed by atoms with E-state index in [-0.39, 0.29) is 5.91 Å². The monoisotopic (exact) mass is 292 g/mol. The van der Waals surface area contributed by atoms with E-state index in [1.54, 1.807) is 6.20 Å². The highest BCUT2D eigenvalue weighted by Crippen LogP contribution is 2.23. The molecule has 2 heterocycles. The molecule has 0 radical (unpaired) electrons. The average molecular weight is 293 g/mol. The highest BCUT2D eigenvalue weighted by atomic mass is 79.9. The van der Waals surface area contributed by atoms with Gasteiger partial charge in [0, 0.05) is 0 Å². The Morgan fingerprint density at radius 3 is 3.13 bits per heavy atom. The number of carbonyl (C=O) groups excluding carboxylic acids is 1. The van der Waals surface area contributed by atoms with Crippen LogP contribution in [-0.4, -0.2) is 36.8 Å². The molecule has 0 saturated carbocycles. The molecule has 1 aliphatic rings. The van der Waals surface area contributed by atoms with E-state index in [2.05, 4.69) is 26.2 Å². The number of carbonyl (C=O) groups is 1. The van der Waals surface area contributed by atoms with Crippen LogP contribution in [-0.2, 0) is 14.3 Å². The van der Waals surface area contributed by atoms with E-state index >= 15 is 0 Å². The molecule has 1 aromatic rings. The van der Waals surface area contributed by atoms with Crippen LogP contribution in [0.25, 0.3) is 0 Å². The smallest absolute Gasteiger partial charge is 0.257 e. The molecular formula is C8H9BrN2O3S. The summed E-state index contributed by atoms with van der Waals surface area (Å²) in [6.45, 7) is 1.31. The molecule has 1 aliphatic heterocycles. The maximum Gasteiger partial charge on any atom is 0.257 e. The summed E-state index contributed by atoms with van der Waals surface area (Å²) < 4.78 is 11.3. The van der Waals surface area contributed by atoms with Crippen molar-refractivity contribution in [1.29, 1.82) is 0 Å². The molecule has 82 valence electrons. The first kappa shape index (κ1) is 11.0. The van der Waals surface area contributed by atoms with Crippen LogP contribution in [0.15, 0.2) is 9.98 Å². The Labute approximate surface area is 98.9 Å². The van der Waals surface area contributed by atoms with Crippen molar-refractivity contribution < 1.29 is 14.3 Å². The van der Waals surface area contributed by atoms with Crippen LogP contribution < -0.4 is 5.32 Å². The molecule has 0 aromatic carbocycles. The van der Waals surface area contributed by atoms with Crippen LogP contribution in [0.5, 0.6) is 0 Å². The predicted molar refractivity (Wildman–Crippen MR) is 59.0 cm³/mol. The number of ether oxygens (including phenoxy) is 2. The van der Waals surface area contributed by atoms with Crippen molar-refractivity contribution in [2.24, 2.45) is 0 Å². The zero-order valence-corrected chi connectivity index (χ0v) is 10.1. The Hall–Kier alpha value is -0.500. The summed E-state index contributed by atoms with van der Waals surface area (Å²) in [6, 6.07) is 0. The second kappa shape index (κ2) is 5.02. The van der Waals surface area contributed by atoms with Gasteiger partial charge in [0.05, 0.1) is 29.8 Å². The number of nitrogens with zero attached hydrogens (tertiary/aromatic N) is 1. The molecule has 1 unspecified atom stereocenters. The molecule has 15 heavy (non-hydrogen) atoms. The third-order valence-corrected chi connectivity index (χ3v) is 3.21. The second-order valence-corrected chi connectivity index (χ2v) is 5.30. The molecule has 0 aliphatic carbocycles. The maximum absolute atomic E-state index is 11.6. The summed E-state index contributed by atoms with van der Waals surface area (Å²) in [5.74, 6) is -0.212. The minimum Gasteiger partial charge on any atom is -0.376 e. The molecule has 1 saturated heterocycles. The quantitative estimate of drug-likeness (QED) is 0.892. The number of halogens is 1. The second-order valence-electron chi connectivity index (χ2n) is 2.89. The van der Waals surface area contributed by atoms with E-state index in [1.165, 1.54) is 11.3 Å². The third kappa shape index (κ3) is 2.97. The van der Waals surface area contributed by atoms with Gasteiger partial charge in [-0.3, -0.25) is 10.1 Å². The van der Waals surface area contributed by atoms with E-state index in [0.29, 0.717) is 25.0 Å². The average Bonchev–Trinajstić information content (AvgIpc) is 2.65. The number of nitrogens with one attached hydrogen (secondary N) is 1. The standard InChI is InChI=1S/C8H9BrN2O3S/c9-6-3-10-8(15-6)11-7(12)5-4-13-1-2-14-5/h3,5H,1-2,4H2,(H,10,11,12). The van der Waals surface area contributed by atoms with Gasteiger partial charge in [-0.15, -0.1) is 0 Å². The lowest BCUT2D eigenvalue weighted by Gasteiger charge is -2.21. The number of aromatic nitrogens is 1. The van der Waals surface area contributed by atoms with Crippen molar-refractivity contribution >= 4 is 38.3 Å². The number of hydrogen-bond acceptors (Lipinski definition) is 5. The van der Waals surface area contributed by atoms with E-state index < -0.39 is 6.10 Å². The van der Waals surface area contributed by atoms with E-state index in [4.69, 9.17) is 9.47 Å². The van der Waals surface area contributed by atoms with Gasteiger partial charge in [-0.05, 0) is 15.9 Å². The van der Waals surface area contributed by atoms with Gasteiger partial charge in [-0.2, -0.15) is 0 Å². The molecule has 0 bridgehead atoms. The minimum atomic E-state index is -0.526. The van der Waals surface area contributed by atoms with Crippen molar-refractivity contribution in [3.05, 3.63) is 9.98 Å². The normalized spacial score (nSPS) is 21.3. The van der Waals surface area contributed by atoms with Crippen LogP contribution in [0.1, 0.15) is 0 Å². The molecule has 1 atom stereocenters. The Kier molecular flexibility index (Phi) is 3.68. The van der Waals surface area contributed by atoms with Crippen LogP contribution in [0.2, 0.25) is 0 Å². The Morgan fingerprint density at radius 2 is 2.53 bits per heavy atom. The molecule has 1 amide bonds. The van der Waals surface area contributed by atoms with Gasteiger partial charge in [0.15, 0.2) is 11.2 Å². The Morgan fingerprint density at radius 1 is 1.67 bits per heavy atom. The van der Waals surface area contributed by atoms with Gasteiger partial charge in [-0.25, -0.2) is 4.98 Å². The van der Waals surface area contributed by atoms with Gasteiger partial charge in [0.1, 0.15) is 0 Å². The van der Waals surface area contributed by atoms with Crippen LogP contribution in [0, 0.1) is 0 Å². The lowest BCUT2D eigenvalue weighted by atomic mass is 10.3. The zero-order valence-electron chi connectivity index (χ0n) is 7.73. The van der Waals surface area contributed by atoms with E-state index in [0.717, 1.165) is 3.79 Å². The number of thiazole rings is 1. The fraction of sp³-hybridized carbons (Fsp3) is 0.500. The fourth-order valence-electron chi connectivity index (χ4n) is 1.14. The molecule has 7 heteroatoms. The van der Waals surface area contributed by atoms with Crippen LogP contribution in [0.4, 0.5) is 5.13 Å². The molecular weight excluding hydrogens is 284 g/mol. The molecule has 1 fully saturated rings. The summed E-state index contributed by atoms with van der Waals surface area (Å²) in [4.78, 5) is 15.6. The zero-order chi connectivity index (χ0) is 10.7. The summed E-state index contributed by atoms with van der Waals surface area (Å²) in [7, 11) is 0. The maximum atomic E-state index is 11.6. The highest BCUT2D eigenvalue weighted by molar-refractivity contribution is 9.11. The summed E-state index contributed by atoms with van der Waals surface area (Å²) in [5.41, 5.74) is 0. The Balaban J connectivity index is 1.91. The number of anilines is 1. The van der Waals surface area contributed by atoms with E-state index in [1.807, 2.05) is 0 Å². The summed E-state index contributed by atoms with van der Waals surface area (Å²) in [6.07, 6.45) is 1.11. The summed E-state index contributed by atoms with van der Waals surface area (Å²) in [5, 5.41) is 3.22. The highest BCUT2D eigenvalue weighted by Gasteiger charge is 2.23. The SMILES string of the molecule is O=C(Nc1ncc(Br)s1)C1COCCO1. The molecule has 0 spiro atoms. The summed E-state index contributed by atoms with van der Waals surface area (Å²) >= 11 is 4.62. The van der Waals surface area contributed by atoms with Gasteiger partial charge < -0.3 is 9.47 Å². The minimum absolute atomic E-state index is 0.212. The molecule has 1 aromatic heterocycles. The largest absolute Gasteiger partial charge is 0.376 e. The first-order chi connectivity index (χ1) is 7.25. The van der Waals surface area contributed by atoms with Crippen LogP contribution >= 0.6 is 27.3 Å². The molecule has 2 rings (SSSR count). The van der Waals surface area contributed by atoms with Crippen molar-refractivity contribution in [1.82, 2.24) is 4.98 Å². The van der Waals surface area contributed by atoms with Gasteiger partial charge in [0.25, 0.3) is 5.91 Å². The van der Waals surface area contributed by atoms with Crippen molar-refractivity contribution in [3.63, 3.8) is 0 Å². The van der Waals surface area contributed by atoms with Gasteiger partial charge in [-0.1, -0.05) is 11.3 Å². The Bertz CT molecular complexity index is 351. The van der Waals surface area contributed by atoms with Gasteiger partial charge >= 0.3 is 0 Å². The lowest BCUT2D eigenvalue weighted by Crippen LogP contribution is -2.39. The fourth-order valence-corrected chi connectivity index (χ4v) is 2.25. The van der Waals surface area contributed by atoms with Crippen LogP contribution in [0.3, 0.4) is 0 Å². The van der Waals surface area contributed by atoms with Crippen molar-refractivity contribution in [3.8, 4) is 0 Å². The molecule has 1 N–H and O–H groups in total. The third-order valence-electron chi connectivity index (χ3n) is 1.82. The van der Waals surface area contributed by atoms with E-state index in [9.17, 15) is 4.79 Å². The van der Waals surface area contributed by atoms with Crippen molar-refractivity contribution in [2.75, 3.05) is 25.1 Å². The predicted octanol–water partition coefficient (Wildman–Crippen LogP) is 1.26. The number of rotatable bonds is 2. The lowest BCUT2D eigenvalue weighted by molar-refractivity contribution is -0.142.